The summed E-state index contributed by atoms with van der Waals surface area (Å²) in [5.74, 6) is 1.53. The first-order valence-corrected chi connectivity index (χ1v) is 9.30. The third-order valence-corrected chi connectivity index (χ3v) is 4.88. The fourth-order valence-electron chi connectivity index (χ4n) is 3.36. The number of rotatable bonds is 5. The van der Waals surface area contributed by atoms with Crippen molar-refractivity contribution >= 4 is 11.8 Å². The highest BCUT2D eigenvalue weighted by Crippen LogP contribution is 2.38. The quantitative estimate of drug-likeness (QED) is 0.723. The van der Waals surface area contributed by atoms with Gasteiger partial charge in [-0.3, -0.25) is 10.0 Å². The third-order valence-electron chi connectivity index (χ3n) is 4.88. The molecule has 1 saturated heterocycles. The van der Waals surface area contributed by atoms with Crippen LogP contribution in [0.25, 0.3) is 6.08 Å². The summed E-state index contributed by atoms with van der Waals surface area (Å²) in [6.45, 7) is 5.37. The fourth-order valence-corrected chi connectivity index (χ4v) is 3.36. The minimum absolute atomic E-state index is 0.0943. The van der Waals surface area contributed by atoms with Crippen LogP contribution in [-0.4, -0.2) is 12.3 Å². The van der Waals surface area contributed by atoms with Gasteiger partial charge in [-0.1, -0.05) is 18.2 Å². The van der Waals surface area contributed by atoms with E-state index in [9.17, 15) is 10.0 Å². The van der Waals surface area contributed by atoms with Crippen LogP contribution in [0.5, 0.6) is 5.95 Å². The van der Waals surface area contributed by atoms with Gasteiger partial charge in [-0.05, 0) is 56.5 Å². The predicted molar refractivity (Wildman–Crippen MR) is 110 cm³/mol. The molecular formula is C22H24NO6-. The lowest BCUT2D eigenvalue weighted by atomic mass is 10.1. The van der Waals surface area contributed by atoms with Gasteiger partial charge >= 0.3 is 0 Å². The van der Waals surface area contributed by atoms with Crippen molar-refractivity contribution in [3.63, 3.8) is 0 Å². The molecule has 0 spiro atoms. The smallest absolute Gasteiger partial charge is 0.291 e. The molecule has 1 aromatic heterocycles. The van der Waals surface area contributed by atoms with Crippen molar-refractivity contribution in [3.05, 3.63) is 79.6 Å². The Morgan fingerprint density at radius 3 is 2.59 bits per heavy atom. The SMILES string of the molecule is COc1oc([C@H]2CC/C(=C/C(C)=C/c3ccc(N([O-])O)cc3)O2)c(C)c(=O)c1C. The summed E-state index contributed by atoms with van der Waals surface area (Å²) >= 11 is 0. The van der Waals surface area contributed by atoms with Crippen molar-refractivity contribution in [2.24, 2.45) is 0 Å². The van der Waals surface area contributed by atoms with Crippen molar-refractivity contribution in [2.75, 3.05) is 12.3 Å². The second-order valence-corrected chi connectivity index (χ2v) is 7.05. The van der Waals surface area contributed by atoms with Gasteiger partial charge in [0.05, 0.1) is 24.1 Å². The number of anilines is 1. The van der Waals surface area contributed by atoms with Gasteiger partial charge in [-0.15, -0.1) is 0 Å². The highest BCUT2D eigenvalue weighted by molar-refractivity contribution is 5.59. The van der Waals surface area contributed by atoms with E-state index in [0.29, 0.717) is 23.3 Å². The summed E-state index contributed by atoms with van der Waals surface area (Å²) in [6.07, 6.45) is 4.99. The molecule has 1 aliphatic rings. The number of benzene rings is 1. The highest BCUT2D eigenvalue weighted by atomic mass is 16.8. The molecule has 29 heavy (non-hydrogen) atoms. The van der Waals surface area contributed by atoms with E-state index in [1.165, 1.54) is 19.2 Å². The van der Waals surface area contributed by atoms with Crippen molar-refractivity contribution < 1.29 is 19.1 Å². The zero-order chi connectivity index (χ0) is 21.1. The summed E-state index contributed by atoms with van der Waals surface area (Å²) in [4.78, 5) is 12.4. The average Bonchev–Trinajstić information content (AvgIpc) is 3.14. The third kappa shape index (κ3) is 4.52. The van der Waals surface area contributed by atoms with Crippen LogP contribution in [0.15, 0.2) is 50.9 Å². The van der Waals surface area contributed by atoms with Crippen molar-refractivity contribution in [3.8, 4) is 5.95 Å². The predicted octanol–water partition coefficient (Wildman–Crippen LogP) is 4.80. The first-order valence-electron chi connectivity index (χ1n) is 9.30. The largest absolute Gasteiger partial charge is 0.733 e. The summed E-state index contributed by atoms with van der Waals surface area (Å²) in [7, 11) is 1.47. The molecule has 1 fully saturated rings. The summed E-state index contributed by atoms with van der Waals surface area (Å²) in [5.41, 5.74) is 2.93. The minimum Gasteiger partial charge on any atom is -0.733 e. The van der Waals surface area contributed by atoms with Crippen LogP contribution in [-0.2, 0) is 4.74 Å². The van der Waals surface area contributed by atoms with Crippen LogP contribution in [0.2, 0.25) is 0 Å². The van der Waals surface area contributed by atoms with Crippen LogP contribution < -0.4 is 15.4 Å². The van der Waals surface area contributed by atoms with E-state index in [-0.39, 0.29) is 28.4 Å². The normalized spacial score (nSPS) is 18.1. The van der Waals surface area contributed by atoms with Crippen LogP contribution >= 0.6 is 0 Å². The Hall–Kier alpha value is -3.03. The standard InChI is InChI=1S/C22H24NO6/c1-13(11-16-5-7-17(8-6-16)23(25)26)12-18-9-10-19(28-18)21-14(2)20(24)15(3)22(27-4)29-21/h5-8,11-12,19,25H,9-10H2,1-4H3/q-1/b13-11+,18-12-/t19-/m1/s1. The second kappa shape index (κ2) is 8.55. The van der Waals surface area contributed by atoms with E-state index in [2.05, 4.69) is 0 Å². The molecule has 0 aliphatic carbocycles. The van der Waals surface area contributed by atoms with Crippen LogP contribution in [0, 0.1) is 19.1 Å². The van der Waals surface area contributed by atoms with E-state index in [0.717, 1.165) is 23.3 Å². The van der Waals surface area contributed by atoms with Gasteiger partial charge in [-0.2, -0.15) is 0 Å². The second-order valence-electron chi connectivity index (χ2n) is 7.05. The summed E-state index contributed by atoms with van der Waals surface area (Å²) in [5, 5.41) is 19.6. The van der Waals surface area contributed by atoms with Gasteiger partial charge in [0.25, 0.3) is 5.95 Å². The zero-order valence-corrected chi connectivity index (χ0v) is 16.9. The Kier molecular flexibility index (Phi) is 6.10. The molecule has 0 radical (unpaired) electrons. The Labute approximate surface area is 169 Å². The molecule has 2 aromatic rings. The first-order chi connectivity index (χ1) is 13.8. The number of ether oxygens (including phenoxy) is 2. The maximum Gasteiger partial charge on any atom is 0.291 e. The molecule has 7 heteroatoms. The van der Waals surface area contributed by atoms with Gasteiger partial charge < -0.3 is 24.3 Å². The molecule has 3 rings (SSSR count). The maximum atomic E-state index is 12.4. The van der Waals surface area contributed by atoms with Crippen molar-refractivity contribution in [1.82, 2.24) is 0 Å². The summed E-state index contributed by atoms with van der Waals surface area (Å²) < 4.78 is 17.0. The monoisotopic (exact) mass is 398 g/mol. The molecule has 1 aromatic carbocycles. The molecular weight excluding hydrogens is 374 g/mol. The van der Waals surface area contributed by atoms with Crippen LogP contribution in [0.4, 0.5) is 5.69 Å². The topological polar surface area (TPSA) is 95.2 Å². The van der Waals surface area contributed by atoms with E-state index < -0.39 is 0 Å². The number of hydrogen-bond donors (Lipinski definition) is 1. The number of methoxy groups -OCH3 is 1. The highest BCUT2D eigenvalue weighted by Gasteiger charge is 2.28. The van der Waals surface area contributed by atoms with E-state index in [1.54, 1.807) is 26.0 Å². The molecule has 0 unspecified atom stereocenters. The number of allylic oxidation sites excluding steroid dienone is 3. The summed E-state index contributed by atoms with van der Waals surface area (Å²) in [6, 6.07) is 6.56. The minimum atomic E-state index is -0.330. The van der Waals surface area contributed by atoms with Crippen molar-refractivity contribution in [1.29, 1.82) is 0 Å². The lowest BCUT2D eigenvalue weighted by Gasteiger charge is -2.21. The lowest BCUT2D eigenvalue weighted by Crippen LogP contribution is -2.15. The van der Waals surface area contributed by atoms with E-state index >= 15 is 0 Å². The maximum absolute atomic E-state index is 12.4. The van der Waals surface area contributed by atoms with E-state index in [4.69, 9.17) is 19.1 Å². The number of hydrogen-bond acceptors (Lipinski definition) is 7. The van der Waals surface area contributed by atoms with Crippen molar-refractivity contribution in [2.45, 2.75) is 39.7 Å². The average molecular weight is 398 g/mol. The molecule has 1 aliphatic heterocycles. The molecule has 1 N–H and O–H groups in total. The van der Waals surface area contributed by atoms with Gasteiger partial charge in [-0.25, -0.2) is 0 Å². The lowest BCUT2D eigenvalue weighted by molar-refractivity contribution is 0.127. The van der Waals surface area contributed by atoms with Gasteiger partial charge in [0.2, 0.25) is 0 Å². The number of nitrogens with zero attached hydrogens (tertiary/aromatic N) is 1. The molecule has 2 heterocycles. The fraction of sp³-hybridized carbons (Fsp3) is 0.318. The molecule has 0 amide bonds. The Morgan fingerprint density at radius 1 is 1.28 bits per heavy atom. The first kappa shape index (κ1) is 20.7. The van der Waals surface area contributed by atoms with E-state index in [1.807, 2.05) is 19.1 Å². The Bertz CT molecular complexity index is 1000. The van der Waals surface area contributed by atoms with Gasteiger partial charge in [0.15, 0.2) is 17.3 Å². The van der Waals surface area contributed by atoms with Gasteiger partial charge in [0, 0.05) is 12.0 Å². The molecule has 154 valence electrons. The zero-order valence-electron chi connectivity index (χ0n) is 16.9. The van der Waals surface area contributed by atoms with Crippen LogP contribution in [0.1, 0.15) is 48.3 Å². The molecule has 0 saturated carbocycles. The van der Waals surface area contributed by atoms with Gasteiger partial charge in [0.1, 0.15) is 0 Å². The molecule has 0 bridgehead atoms. The molecule has 7 nitrogen and oxygen atoms in total. The Balaban J connectivity index is 1.77. The Morgan fingerprint density at radius 2 is 1.97 bits per heavy atom. The van der Waals surface area contributed by atoms with Crippen LogP contribution in [0.3, 0.4) is 0 Å². The molecule has 1 atom stereocenters.